The Labute approximate surface area is 178 Å². The number of urea groups is 1. The van der Waals surface area contributed by atoms with Crippen molar-refractivity contribution < 1.29 is 19.2 Å². The minimum atomic E-state index is -1.19. The zero-order valence-corrected chi connectivity index (χ0v) is 17.9. The molecular weight excluding hydrogens is 404 g/mol. The van der Waals surface area contributed by atoms with Crippen LogP contribution in [0.15, 0.2) is 41.1 Å². The number of amides is 5. The first-order valence-corrected chi connectivity index (χ1v) is 10.6. The van der Waals surface area contributed by atoms with Gasteiger partial charge < -0.3 is 15.5 Å². The van der Waals surface area contributed by atoms with Crippen LogP contribution < -0.4 is 10.6 Å². The molecule has 1 fully saturated rings. The molecule has 5 amide bonds. The smallest absolute Gasteiger partial charge is 0.325 e. The molecule has 1 atom stereocenters. The molecule has 0 spiro atoms. The van der Waals surface area contributed by atoms with Crippen molar-refractivity contribution in [2.45, 2.75) is 26.3 Å². The fourth-order valence-corrected chi connectivity index (χ4v) is 4.12. The van der Waals surface area contributed by atoms with Crippen molar-refractivity contribution in [1.82, 2.24) is 15.1 Å². The number of carbonyl (C=O) groups excluding carboxylic acids is 4. The summed E-state index contributed by atoms with van der Waals surface area (Å²) in [7, 11) is 0. The lowest BCUT2D eigenvalue weighted by Crippen LogP contribution is -2.41. The molecule has 2 heterocycles. The van der Waals surface area contributed by atoms with Gasteiger partial charge in [0.1, 0.15) is 12.1 Å². The predicted molar refractivity (Wildman–Crippen MR) is 114 cm³/mol. The van der Waals surface area contributed by atoms with E-state index in [1.807, 2.05) is 19.2 Å². The number of carbonyl (C=O) groups is 4. The largest absolute Gasteiger partial charge is 0.339 e. The quantitative estimate of drug-likeness (QED) is 0.663. The Morgan fingerprint density at radius 3 is 2.57 bits per heavy atom. The molecule has 30 heavy (non-hydrogen) atoms. The molecule has 1 aromatic heterocycles. The van der Waals surface area contributed by atoms with Crippen LogP contribution in [0.1, 0.15) is 36.7 Å². The molecule has 1 unspecified atom stereocenters. The van der Waals surface area contributed by atoms with Crippen LogP contribution in [0.5, 0.6) is 0 Å². The van der Waals surface area contributed by atoms with E-state index in [0.717, 1.165) is 4.90 Å². The second-order valence-corrected chi connectivity index (χ2v) is 7.84. The number of nitrogens with zero attached hydrogens (tertiary/aromatic N) is 2. The Morgan fingerprint density at radius 1 is 1.20 bits per heavy atom. The van der Waals surface area contributed by atoms with Crippen molar-refractivity contribution >= 4 is 40.8 Å². The summed E-state index contributed by atoms with van der Waals surface area (Å²) in [5.41, 5.74) is 0.367. The van der Waals surface area contributed by atoms with E-state index in [1.54, 1.807) is 47.5 Å². The van der Waals surface area contributed by atoms with Crippen LogP contribution >= 0.6 is 11.3 Å². The van der Waals surface area contributed by atoms with E-state index in [-0.39, 0.29) is 5.91 Å². The average molecular weight is 429 g/mol. The highest BCUT2D eigenvalue weighted by Crippen LogP contribution is 2.30. The van der Waals surface area contributed by atoms with Gasteiger partial charge in [-0.1, -0.05) is 6.07 Å². The molecule has 1 aliphatic heterocycles. The van der Waals surface area contributed by atoms with Gasteiger partial charge in [-0.05, 0) is 61.4 Å². The van der Waals surface area contributed by atoms with Crippen LogP contribution in [0, 0.1) is 0 Å². The first-order chi connectivity index (χ1) is 14.3. The topological polar surface area (TPSA) is 98.8 Å². The second-order valence-electron chi connectivity index (χ2n) is 7.06. The third-order valence-corrected chi connectivity index (χ3v) is 5.80. The molecular formula is C21H24N4O4S. The van der Waals surface area contributed by atoms with E-state index in [1.165, 1.54) is 11.3 Å². The molecule has 9 heteroatoms. The molecule has 1 aromatic carbocycles. The molecule has 3 rings (SSSR count). The van der Waals surface area contributed by atoms with Gasteiger partial charge in [0, 0.05) is 24.3 Å². The Kier molecular flexibility index (Phi) is 6.21. The highest BCUT2D eigenvalue weighted by Gasteiger charge is 2.49. The van der Waals surface area contributed by atoms with Crippen LogP contribution in [-0.4, -0.2) is 53.2 Å². The number of rotatable bonds is 7. The summed E-state index contributed by atoms with van der Waals surface area (Å²) < 4.78 is 0. The summed E-state index contributed by atoms with van der Waals surface area (Å²) in [4.78, 5) is 52.7. The molecule has 0 aliphatic carbocycles. The molecule has 0 saturated carbocycles. The van der Waals surface area contributed by atoms with Crippen molar-refractivity contribution in [1.29, 1.82) is 0 Å². The summed E-state index contributed by atoms with van der Waals surface area (Å²) in [6.07, 6.45) is 0. The zero-order chi connectivity index (χ0) is 21.9. The number of nitrogens with one attached hydrogen (secondary N) is 2. The van der Waals surface area contributed by atoms with Crippen molar-refractivity contribution in [3.05, 3.63) is 52.2 Å². The number of thiophene rings is 1. The van der Waals surface area contributed by atoms with E-state index < -0.39 is 29.9 Å². The molecule has 1 aliphatic rings. The minimum Gasteiger partial charge on any atom is -0.339 e. The molecule has 158 valence electrons. The highest BCUT2D eigenvalue weighted by atomic mass is 32.1. The van der Waals surface area contributed by atoms with Crippen LogP contribution in [0.4, 0.5) is 10.5 Å². The third kappa shape index (κ3) is 4.06. The fourth-order valence-electron chi connectivity index (χ4n) is 3.35. The fraction of sp³-hybridized carbons (Fsp3) is 0.333. The van der Waals surface area contributed by atoms with E-state index in [0.29, 0.717) is 29.9 Å². The third-order valence-electron chi connectivity index (χ3n) is 5.12. The lowest BCUT2D eigenvalue weighted by Gasteiger charge is -2.20. The van der Waals surface area contributed by atoms with Crippen LogP contribution in [0.25, 0.3) is 0 Å². The lowest BCUT2D eigenvalue weighted by atomic mass is 9.95. The summed E-state index contributed by atoms with van der Waals surface area (Å²) in [6, 6.07) is 7.74. The average Bonchev–Trinajstić information content (AvgIpc) is 3.34. The summed E-state index contributed by atoms with van der Waals surface area (Å²) in [5, 5.41) is 8.94. The normalized spacial score (nSPS) is 18.3. The van der Waals surface area contributed by atoms with Gasteiger partial charge in [-0.3, -0.25) is 19.3 Å². The van der Waals surface area contributed by atoms with Gasteiger partial charge >= 0.3 is 6.03 Å². The minimum absolute atomic E-state index is 0.128. The van der Waals surface area contributed by atoms with Crippen LogP contribution in [0.3, 0.4) is 0 Å². The van der Waals surface area contributed by atoms with Gasteiger partial charge in [-0.2, -0.15) is 11.3 Å². The Bertz CT molecular complexity index is 971. The van der Waals surface area contributed by atoms with E-state index in [4.69, 9.17) is 0 Å². The van der Waals surface area contributed by atoms with Gasteiger partial charge in [0.05, 0.1) is 0 Å². The Balaban J connectivity index is 1.69. The standard InChI is InChI=1S/C21H24N4O4S/c1-4-24(5-2)18(27)14-7-6-8-16(11-14)22-17(26)12-25-19(28)21(3,23-20(25)29)15-9-10-30-13-15/h6-11,13H,4-5,12H2,1-3H3,(H,22,26)(H,23,29). The first-order valence-electron chi connectivity index (χ1n) is 9.66. The van der Waals surface area contributed by atoms with Crippen molar-refractivity contribution in [2.24, 2.45) is 0 Å². The zero-order valence-electron chi connectivity index (χ0n) is 17.1. The number of benzene rings is 1. The van der Waals surface area contributed by atoms with Gasteiger partial charge in [0.25, 0.3) is 11.8 Å². The van der Waals surface area contributed by atoms with E-state index in [2.05, 4.69) is 10.6 Å². The maximum absolute atomic E-state index is 12.8. The monoisotopic (exact) mass is 428 g/mol. The number of imide groups is 1. The Hall–Kier alpha value is -3.20. The van der Waals surface area contributed by atoms with Crippen LogP contribution in [0.2, 0.25) is 0 Å². The highest BCUT2D eigenvalue weighted by molar-refractivity contribution is 7.08. The van der Waals surface area contributed by atoms with E-state index in [9.17, 15) is 19.2 Å². The van der Waals surface area contributed by atoms with Gasteiger partial charge in [0.15, 0.2) is 0 Å². The summed E-state index contributed by atoms with van der Waals surface area (Å²) in [5.74, 6) is -1.14. The van der Waals surface area contributed by atoms with Gasteiger partial charge in [-0.25, -0.2) is 4.79 Å². The van der Waals surface area contributed by atoms with Crippen LogP contribution in [-0.2, 0) is 15.1 Å². The molecule has 0 radical (unpaired) electrons. The Morgan fingerprint density at radius 2 is 1.93 bits per heavy atom. The molecule has 2 N–H and O–H groups in total. The number of anilines is 1. The number of hydrogen-bond donors (Lipinski definition) is 2. The molecule has 1 saturated heterocycles. The number of hydrogen-bond acceptors (Lipinski definition) is 5. The molecule has 0 bridgehead atoms. The van der Waals surface area contributed by atoms with E-state index >= 15 is 0 Å². The molecule has 2 aromatic rings. The van der Waals surface area contributed by atoms with Gasteiger partial charge in [0.2, 0.25) is 5.91 Å². The maximum atomic E-state index is 12.8. The summed E-state index contributed by atoms with van der Waals surface area (Å²) >= 11 is 1.42. The second kappa shape index (κ2) is 8.66. The van der Waals surface area contributed by atoms with Crippen molar-refractivity contribution in [2.75, 3.05) is 25.0 Å². The summed E-state index contributed by atoms with van der Waals surface area (Å²) in [6.45, 7) is 6.17. The first kappa shape index (κ1) is 21.5. The van der Waals surface area contributed by atoms with Crippen molar-refractivity contribution in [3.8, 4) is 0 Å². The van der Waals surface area contributed by atoms with Gasteiger partial charge in [-0.15, -0.1) is 0 Å². The molecule has 8 nitrogen and oxygen atoms in total. The van der Waals surface area contributed by atoms with Crippen molar-refractivity contribution in [3.63, 3.8) is 0 Å². The maximum Gasteiger partial charge on any atom is 0.325 e. The predicted octanol–water partition coefficient (Wildman–Crippen LogP) is 2.64. The lowest BCUT2D eigenvalue weighted by molar-refractivity contribution is -0.133. The SMILES string of the molecule is CCN(CC)C(=O)c1cccc(NC(=O)CN2C(=O)NC(C)(c3ccsc3)C2=O)c1.